The van der Waals surface area contributed by atoms with E-state index in [-0.39, 0.29) is 5.91 Å². The molecule has 1 aromatic heterocycles. The maximum absolute atomic E-state index is 12.3. The lowest BCUT2D eigenvalue weighted by molar-refractivity contribution is 0.0952. The molecule has 0 spiro atoms. The molecule has 2 heterocycles. The standard InChI is InChI=1S/C19H24N2O2/c1-3-20-19(22)18-14(2)23-17-10-12-21(13-16(17)18)11-9-15-7-5-4-6-8-15/h4-8H,3,9-13H2,1-2H3,(H,20,22). The number of furan rings is 1. The second kappa shape index (κ2) is 7.01. The first kappa shape index (κ1) is 15.8. The molecule has 2 aromatic rings. The van der Waals surface area contributed by atoms with Crippen molar-refractivity contribution in [3.05, 3.63) is 58.5 Å². The molecule has 122 valence electrons. The second-order valence-corrected chi connectivity index (χ2v) is 6.06. The molecular formula is C19H24N2O2. The van der Waals surface area contributed by atoms with Crippen molar-refractivity contribution in [3.8, 4) is 0 Å². The number of benzene rings is 1. The number of fused-ring (bicyclic) bond motifs is 1. The third kappa shape index (κ3) is 3.48. The molecule has 0 saturated heterocycles. The van der Waals surface area contributed by atoms with Gasteiger partial charge in [-0.25, -0.2) is 0 Å². The van der Waals surface area contributed by atoms with Crippen LogP contribution in [0.2, 0.25) is 0 Å². The van der Waals surface area contributed by atoms with Gasteiger partial charge in [0.1, 0.15) is 11.5 Å². The fraction of sp³-hybridized carbons (Fsp3) is 0.421. The largest absolute Gasteiger partial charge is 0.465 e. The summed E-state index contributed by atoms with van der Waals surface area (Å²) in [6, 6.07) is 10.5. The normalized spacial score (nSPS) is 14.5. The van der Waals surface area contributed by atoms with Crippen molar-refractivity contribution >= 4 is 5.91 Å². The van der Waals surface area contributed by atoms with Crippen molar-refractivity contribution in [2.24, 2.45) is 0 Å². The molecular weight excluding hydrogens is 288 g/mol. The molecule has 0 bridgehead atoms. The van der Waals surface area contributed by atoms with E-state index in [9.17, 15) is 4.79 Å². The first-order valence-electron chi connectivity index (χ1n) is 8.34. The van der Waals surface area contributed by atoms with E-state index >= 15 is 0 Å². The Morgan fingerprint density at radius 2 is 2.09 bits per heavy atom. The predicted octanol–water partition coefficient (Wildman–Crippen LogP) is 2.94. The van der Waals surface area contributed by atoms with Gasteiger partial charge in [-0.1, -0.05) is 30.3 Å². The third-order valence-electron chi connectivity index (χ3n) is 4.43. The van der Waals surface area contributed by atoms with Gasteiger partial charge in [-0.3, -0.25) is 9.69 Å². The summed E-state index contributed by atoms with van der Waals surface area (Å²) in [5.74, 6) is 1.71. The highest BCUT2D eigenvalue weighted by Gasteiger charge is 2.27. The van der Waals surface area contributed by atoms with E-state index in [0.29, 0.717) is 6.54 Å². The van der Waals surface area contributed by atoms with Crippen LogP contribution >= 0.6 is 0 Å². The van der Waals surface area contributed by atoms with Gasteiger partial charge in [-0.15, -0.1) is 0 Å². The van der Waals surface area contributed by atoms with Crippen molar-refractivity contribution in [1.29, 1.82) is 0 Å². The second-order valence-electron chi connectivity index (χ2n) is 6.06. The van der Waals surface area contributed by atoms with E-state index in [1.165, 1.54) is 5.56 Å². The van der Waals surface area contributed by atoms with E-state index in [1.807, 2.05) is 19.9 Å². The van der Waals surface area contributed by atoms with Gasteiger partial charge in [0.2, 0.25) is 0 Å². The monoisotopic (exact) mass is 312 g/mol. The van der Waals surface area contributed by atoms with Crippen LogP contribution in [0.25, 0.3) is 0 Å². The minimum atomic E-state index is -0.0140. The summed E-state index contributed by atoms with van der Waals surface area (Å²) in [5, 5.41) is 2.89. The summed E-state index contributed by atoms with van der Waals surface area (Å²) in [7, 11) is 0. The molecule has 0 unspecified atom stereocenters. The van der Waals surface area contributed by atoms with Crippen LogP contribution in [0.1, 0.15) is 39.9 Å². The highest BCUT2D eigenvalue weighted by atomic mass is 16.3. The van der Waals surface area contributed by atoms with Gasteiger partial charge >= 0.3 is 0 Å². The minimum absolute atomic E-state index is 0.0140. The van der Waals surface area contributed by atoms with Gasteiger partial charge in [-0.05, 0) is 25.8 Å². The molecule has 0 aliphatic carbocycles. The molecule has 4 heteroatoms. The Bertz CT molecular complexity index is 676. The topological polar surface area (TPSA) is 45.5 Å². The zero-order valence-electron chi connectivity index (χ0n) is 13.9. The Balaban J connectivity index is 1.71. The fourth-order valence-electron chi connectivity index (χ4n) is 3.25. The Kier molecular flexibility index (Phi) is 4.82. The van der Waals surface area contributed by atoms with E-state index in [4.69, 9.17) is 4.42 Å². The number of rotatable bonds is 5. The summed E-state index contributed by atoms with van der Waals surface area (Å²) in [6.45, 7) is 7.25. The van der Waals surface area contributed by atoms with Gasteiger partial charge in [0.25, 0.3) is 5.91 Å². The number of nitrogens with zero attached hydrogens (tertiary/aromatic N) is 1. The number of hydrogen-bond donors (Lipinski definition) is 1. The average Bonchev–Trinajstić information content (AvgIpc) is 2.89. The molecule has 4 nitrogen and oxygen atoms in total. The highest BCUT2D eigenvalue weighted by Crippen LogP contribution is 2.28. The quantitative estimate of drug-likeness (QED) is 0.923. The average molecular weight is 312 g/mol. The smallest absolute Gasteiger partial charge is 0.255 e. The first-order valence-corrected chi connectivity index (χ1v) is 8.34. The van der Waals surface area contributed by atoms with Crippen molar-refractivity contribution in [1.82, 2.24) is 10.2 Å². The van der Waals surface area contributed by atoms with Crippen LogP contribution in [0.5, 0.6) is 0 Å². The summed E-state index contributed by atoms with van der Waals surface area (Å²) in [4.78, 5) is 14.7. The minimum Gasteiger partial charge on any atom is -0.465 e. The SMILES string of the molecule is CCNC(=O)c1c(C)oc2c1CN(CCc1ccccc1)CC2. The summed E-state index contributed by atoms with van der Waals surface area (Å²) < 4.78 is 5.83. The number of nitrogens with one attached hydrogen (secondary N) is 1. The van der Waals surface area contributed by atoms with Gasteiger partial charge < -0.3 is 9.73 Å². The van der Waals surface area contributed by atoms with Gasteiger partial charge in [0.05, 0.1) is 5.56 Å². The third-order valence-corrected chi connectivity index (χ3v) is 4.43. The Labute approximate surface area is 137 Å². The van der Waals surface area contributed by atoms with E-state index in [1.54, 1.807) is 0 Å². The lowest BCUT2D eigenvalue weighted by Gasteiger charge is -2.26. The molecule has 1 aromatic carbocycles. The molecule has 0 fully saturated rings. The lowest BCUT2D eigenvalue weighted by atomic mass is 10.0. The molecule has 1 amide bonds. The van der Waals surface area contributed by atoms with Crippen LogP contribution in [-0.4, -0.2) is 30.4 Å². The molecule has 0 saturated carbocycles. The van der Waals surface area contributed by atoms with Crippen molar-refractivity contribution in [3.63, 3.8) is 0 Å². The van der Waals surface area contributed by atoms with E-state index in [2.05, 4.69) is 34.5 Å². The zero-order chi connectivity index (χ0) is 16.2. The van der Waals surface area contributed by atoms with Gasteiger partial charge in [0.15, 0.2) is 0 Å². The van der Waals surface area contributed by atoms with E-state index in [0.717, 1.165) is 55.1 Å². The molecule has 1 aliphatic heterocycles. The van der Waals surface area contributed by atoms with Crippen molar-refractivity contribution < 1.29 is 9.21 Å². The lowest BCUT2D eigenvalue weighted by Crippen LogP contribution is -2.33. The maximum Gasteiger partial charge on any atom is 0.255 e. The van der Waals surface area contributed by atoms with E-state index < -0.39 is 0 Å². The summed E-state index contributed by atoms with van der Waals surface area (Å²) >= 11 is 0. The van der Waals surface area contributed by atoms with Crippen LogP contribution in [0.15, 0.2) is 34.7 Å². The van der Waals surface area contributed by atoms with Crippen LogP contribution in [0.3, 0.4) is 0 Å². The molecule has 1 aliphatic rings. The maximum atomic E-state index is 12.3. The fourth-order valence-corrected chi connectivity index (χ4v) is 3.25. The summed E-state index contributed by atoms with van der Waals surface area (Å²) in [6.07, 6.45) is 1.91. The Morgan fingerprint density at radius 1 is 1.30 bits per heavy atom. The van der Waals surface area contributed by atoms with Crippen LogP contribution in [-0.2, 0) is 19.4 Å². The van der Waals surface area contributed by atoms with Crippen molar-refractivity contribution in [2.45, 2.75) is 33.2 Å². The number of aryl methyl sites for hydroxylation is 1. The highest BCUT2D eigenvalue weighted by molar-refractivity contribution is 5.97. The van der Waals surface area contributed by atoms with Crippen LogP contribution in [0, 0.1) is 6.92 Å². The predicted molar refractivity (Wildman–Crippen MR) is 90.6 cm³/mol. The Hall–Kier alpha value is -2.07. The molecule has 3 rings (SSSR count). The number of carbonyl (C=O) groups excluding carboxylic acids is 1. The molecule has 0 atom stereocenters. The molecule has 0 radical (unpaired) electrons. The molecule has 23 heavy (non-hydrogen) atoms. The van der Waals surface area contributed by atoms with Gasteiger partial charge in [0, 0.05) is 38.2 Å². The zero-order valence-corrected chi connectivity index (χ0v) is 13.9. The number of amides is 1. The number of carbonyl (C=O) groups is 1. The van der Waals surface area contributed by atoms with Crippen LogP contribution < -0.4 is 5.32 Å². The Morgan fingerprint density at radius 3 is 2.83 bits per heavy atom. The van der Waals surface area contributed by atoms with Crippen molar-refractivity contribution in [2.75, 3.05) is 19.6 Å². The van der Waals surface area contributed by atoms with Gasteiger partial charge in [-0.2, -0.15) is 0 Å². The van der Waals surface area contributed by atoms with Crippen LogP contribution in [0.4, 0.5) is 0 Å². The molecule has 1 N–H and O–H groups in total. The first-order chi connectivity index (χ1) is 11.2. The summed E-state index contributed by atoms with van der Waals surface area (Å²) in [5.41, 5.74) is 3.17. The number of hydrogen-bond acceptors (Lipinski definition) is 3.